The number of benzene rings is 2. The van der Waals surface area contributed by atoms with Crippen LogP contribution in [0.3, 0.4) is 0 Å². The van der Waals surface area contributed by atoms with Crippen LogP contribution >= 0.6 is 0 Å². The summed E-state index contributed by atoms with van der Waals surface area (Å²) in [5, 5.41) is 11.7. The maximum absolute atomic E-state index is 9.48. The van der Waals surface area contributed by atoms with Gasteiger partial charge in [-0.05, 0) is 30.2 Å². The molecule has 1 atom stereocenters. The minimum absolute atomic E-state index is 0.0254. The van der Waals surface area contributed by atoms with Crippen molar-refractivity contribution in [1.29, 1.82) is 0 Å². The van der Waals surface area contributed by atoms with Gasteiger partial charge < -0.3 is 15.6 Å². The maximum atomic E-state index is 9.48. The molecule has 1 unspecified atom stereocenters. The summed E-state index contributed by atoms with van der Waals surface area (Å²) in [5.74, 6) is 1.23. The Balaban J connectivity index is 1.81. The number of ether oxygens (including phenoxy) is 1. The zero-order valence-electron chi connectivity index (χ0n) is 10.9. The van der Waals surface area contributed by atoms with E-state index in [0.29, 0.717) is 12.5 Å². The normalized spacial score (nSPS) is 18.2. The van der Waals surface area contributed by atoms with Crippen LogP contribution in [0.2, 0.25) is 0 Å². The molecule has 3 nitrogen and oxygen atoms in total. The third-order valence-electron chi connectivity index (χ3n) is 3.93. The van der Waals surface area contributed by atoms with Crippen molar-refractivity contribution in [2.75, 3.05) is 13.2 Å². The number of aliphatic hydroxyl groups is 1. The molecule has 0 aromatic heterocycles. The van der Waals surface area contributed by atoms with E-state index in [0.717, 1.165) is 29.4 Å². The predicted molar refractivity (Wildman–Crippen MR) is 76.2 cm³/mol. The van der Waals surface area contributed by atoms with Gasteiger partial charge in [-0.2, -0.15) is 0 Å². The van der Waals surface area contributed by atoms with Gasteiger partial charge in [0.15, 0.2) is 0 Å². The smallest absolute Gasteiger partial charge is 0.127 e. The van der Waals surface area contributed by atoms with E-state index in [4.69, 9.17) is 10.5 Å². The summed E-state index contributed by atoms with van der Waals surface area (Å²) in [6.45, 7) is 0.338. The van der Waals surface area contributed by atoms with Gasteiger partial charge in [0.1, 0.15) is 12.4 Å². The molecule has 1 fully saturated rings. The van der Waals surface area contributed by atoms with Crippen molar-refractivity contribution in [3.8, 4) is 5.75 Å². The van der Waals surface area contributed by atoms with Gasteiger partial charge in [-0.25, -0.2) is 0 Å². The molecule has 2 aromatic carbocycles. The van der Waals surface area contributed by atoms with Crippen LogP contribution in [0.25, 0.3) is 10.8 Å². The van der Waals surface area contributed by atoms with E-state index in [-0.39, 0.29) is 6.61 Å². The fourth-order valence-electron chi connectivity index (χ4n) is 2.48. The summed E-state index contributed by atoms with van der Waals surface area (Å²) in [6, 6.07) is 14.1. The van der Waals surface area contributed by atoms with Crippen LogP contribution in [-0.4, -0.2) is 23.9 Å². The summed E-state index contributed by atoms with van der Waals surface area (Å²) in [6.07, 6.45) is 2.19. The molecule has 19 heavy (non-hydrogen) atoms. The molecule has 3 heteroatoms. The van der Waals surface area contributed by atoms with Crippen LogP contribution in [0.5, 0.6) is 5.75 Å². The number of nitrogens with two attached hydrogens (primary N) is 1. The molecule has 1 saturated carbocycles. The molecule has 0 saturated heterocycles. The Morgan fingerprint density at radius 3 is 2.63 bits per heavy atom. The summed E-state index contributed by atoms with van der Waals surface area (Å²) < 4.78 is 5.89. The second kappa shape index (κ2) is 4.83. The van der Waals surface area contributed by atoms with Gasteiger partial charge in [-0.1, -0.05) is 36.4 Å². The number of aliphatic hydroxyl groups excluding tert-OH is 1. The average molecular weight is 257 g/mol. The van der Waals surface area contributed by atoms with Crippen LogP contribution in [0.4, 0.5) is 0 Å². The Bertz CT molecular complexity index is 574. The van der Waals surface area contributed by atoms with E-state index in [1.165, 1.54) is 0 Å². The largest absolute Gasteiger partial charge is 0.491 e. The maximum Gasteiger partial charge on any atom is 0.127 e. The predicted octanol–water partition coefficient (Wildman–Crippen LogP) is 2.32. The van der Waals surface area contributed by atoms with Crippen molar-refractivity contribution >= 4 is 10.8 Å². The van der Waals surface area contributed by atoms with Crippen molar-refractivity contribution in [2.24, 2.45) is 11.7 Å². The topological polar surface area (TPSA) is 55.5 Å². The summed E-state index contributed by atoms with van der Waals surface area (Å²) in [7, 11) is 0. The number of rotatable bonds is 5. The van der Waals surface area contributed by atoms with Gasteiger partial charge in [0.05, 0.1) is 12.1 Å². The molecule has 0 radical (unpaired) electrons. The summed E-state index contributed by atoms with van der Waals surface area (Å²) >= 11 is 0. The van der Waals surface area contributed by atoms with E-state index in [1.54, 1.807) is 0 Å². The van der Waals surface area contributed by atoms with Crippen molar-refractivity contribution < 1.29 is 9.84 Å². The quantitative estimate of drug-likeness (QED) is 0.864. The lowest BCUT2D eigenvalue weighted by atomic mass is 9.97. The monoisotopic (exact) mass is 257 g/mol. The van der Waals surface area contributed by atoms with Gasteiger partial charge in [-0.3, -0.25) is 0 Å². The highest BCUT2D eigenvalue weighted by Gasteiger charge is 2.42. The number of hydrogen-bond donors (Lipinski definition) is 2. The van der Waals surface area contributed by atoms with Gasteiger partial charge in [0, 0.05) is 5.39 Å². The summed E-state index contributed by atoms with van der Waals surface area (Å²) in [4.78, 5) is 0. The molecule has 0 aliphatic heterocycles. The lowest BCUT2D eigenvalue weighted by molar-refractivity contribution is 0.117. The third-order valence-corrected chi connectivity index (χ3v) is 3.93. The lowest BCUT2D eigenvalue weighted by Gasteiger charge is -2.27. The van der Waals surface area contributed by atoms with E-state index < -0.39 is 5.54 Å². The summed E-state index contributed by atoms with van der Waals surface area (Å²) in [5.41, 5.74) is 5.62. The highest BCUT2D eigenvalue weighted by molar-refractivity contribution is 5.88. The van der Waals surface area contributed by atoms with Gasteiger partial charge in [0.25, 0.3) is 0 Å². The molecule has 1 aliphatic carbocycles. The third kappa shape index (κ3) is 2.44. The van der Waals surface area contributed by atoms with Gasteiger partial charge in [-0.15, -0.1) is 0 Å². The fraction of sp³-hybridized carbons (Fsp3) is 0.375. The number of fused-ring (bicyclic) bond motifs is 1. The van der Waals surface area contributed by atoms with E-state index in [9.17, 15) is 5.11 Å². The van der Waals surface area contributed by atoms with Crippen LogP contribution in [0, 0.1) is 5.92 Å². The first-order chi connectivity index (χ1) is 9.23. The molecule has 0 heterocycles. The zero-order valence-corrected chi connectivity index (χ0v) is 10.9. The highest BCUT2D eigenvalue weighted by atomic mass is 16.5. The second-order valence-electron chi connectivity index (χ2n) is 5.43. The van der Waals surface area contributed by atoms with E-state index >= 15 is 0 Å². The molecular weight excluding hydrogens is 238 g/mol. The SMILES string of the molecule is NC(CO)(COc1cccc2ccccc12)C1CC1. The van der Waals surface area contributed by atoms with Crippen LogP contribution < -0.4 is 10.5 Å². The Morgan fingerprint density at radius 2 is 1.89 bits per heavy atom. The Labute approximate surface area is 113 Å². The minimum Gasteiger partial charge on any atom is -0.491 e. The molecule has 0 bridgehead atoms. The fourth-order valence-corrected chi connectivity index (χ4v) is 2.48. The molecule has 2 aromatic rings. The first kappa shape index (κ1) is 12.5. The second-order valence-corrected chi connectivity index (χ2v) is 5.43. The average Bonchev–Trinajstić information content (AvgIpc) is 3.30. The van der Waals surface area contributed by atoms with Gasteiger partial charge in [0.2, 0.25) is 0 Å². The molecule has 0 spiro atoms. The Kier molecular flexibility index (Phi) is 3.17. The first-order valence-electron chi connectivity index (χ1n) is 6.73. The molecule has 3 N–H and O–H groups in total. The Hall–Kier alpha value is -1.58. The van der Waals surface area contributed by atoms with Crippen LogP contribution in [-0.2, 0) is 0 Å². The van der Waals surface area contributed by atoms with E-state index in [2.05, 4.69) is 12.1 Å². The molecule has 0 amide bonds. The minimum atomic E-state index is -0.600. The standard InChI is InChI=1S/C16H19NO2/c17-16(10-18,13-8-9-13)11-19-15-7-3-5-12-4-1-2-6-14(12)15/h1-7,13,18H,8-11,17H2. The Morgan fingerprint density at radius 1 is 1.16 bits per heavy atom. The number of hydrogen-bond acceptors (Lipinski definition) is 3. The van der Waals surface area contributed by atoms with Crippen molar-refractivity contribution in [1.82, 2.24) is 0 Å². The zero-order chi connectivity index (χ0) is 13.3. The van der Waals surface area contributed by atoms with Crippen LogP contribution in [0.15, 0.2) is 42.5 Å². The van der Waals surface area contributed by atoms with Crippen molar-refractivity contribution in [2.45, 2.75) is 18.4 Å². The van der Waals surface area contributed by atoms with Crippen LogP contribution in [0.1, 0.15) is 12.8 Å². The van der Waals surface area contributed by atoms with Crippen molar-refractivity contribution in [3.63, 3.8) is 0 Å². The molecule has 1 aliphatic rings. The van der Waals surface area contributed by atoms with E-state index in [1.807, 2.05) is 30.3 Å². The first-order valence-corrected chi connectivity index (χ1v) is 6.73. The molecular formula is C16H19NO2. The lowest BCUT2D eigenvalue weighted by Crippen LogP contribution is -2.51. The van der Waals surface area contributed by atoms with Crippen molar-refractivity contribution in [3.05, 3.63) is 42.5 Å². The highest BCUT2D eigenvalue weighted by Crippen LogP contribution is 2.38. The van der Waals surface area contributed by atoms with Gasteiger partial charge >= 0.3 is 0 Å². The molecule has 3 rings (SSSR count). The molecule has 100 valence electrons.